The minimum absolute atomic E-state index is 0.226. The number of oxazole rings is 1. The van der Waals surface area contributed by atoms with Crippen LogP contribution in [0.3, 0.4) is 0 Å². The number of rotatable bonds is 3. The topological polar surface area (TPSA) is 52.0 Å². The molecule has 3 aromatic rings. The van der Waals surface area contributed by atoms with Crippen molar-refractivity contribution in [2.45, 2.75) is 13.3 Å². The average Bonchev–Trinajstić information content (AvgIpc) is 2.89. The van der Waals surface area contributed by atoms with Crippen LogP contribution in [0.15, 0.2) is 59.0 Å². The molecule has 0 atom stereocenters. The van der Waals surface area contributed by atoms with E-state index in [0.29, 0.717) is 0 Å². The molecular weight excluding hydrogens is 248 g/mol. The van der Waals surface area contributed by atoms with Crippen molar-refractivity contribution in [2.24, 2.45) is 0 Å². The van der Waals surface area contributed by atoms with Crippen molar-refractivity contribution in [3.8, 4) is 22.5 Å². The third-order valence-electron chi connectivity index (χ3n) is 3.30. The van der Waals surface area contributed by atoms with Gasteiger partial charge in [-0.3, -0.25) is 0 Å². The Labute approximate surface area is 118 Å². The number of nitrogen functional groups attached to an aromatic ring is 1. The van der Waals surface area contributed by atoms with Crippen molar-refractivity contribution in [1.29, 1.82) is 0 Å². The summed E-state index contributed by atoms with van der Waals surface area (Å²) in [5.74, 6) is 0.768. The first-order valence-electron chi connectivity index (χ1n) is 6.69. The summed E-state index contributed by atoms with van der Waals surface area (Å²) < 4.78 is 5.50. The smallest absolute Gasteiger partial charge is 0.292 e. The maximum absolute atomic E-state index is 5.64. The molecule has 20 heavy (non-hydrogen) atoms. The summed E-state index contributed by atoms with van der Waals surface area (Å²) in [5, 5.41) is 0. The van der Waals surface area contributed by atoms with Gasteiger partial charge in [-0.2, -0.15) is 4.98 Å². The van der Waals surface area contributed by atoms with Crippen molar-refractivity contribution in [3.63, 3.8) is 0 Å². The Bertz CT molecular complexity index is 700. The van der Waals surface area contributed by atoms with E-state index in [1.54, 1.807) is 0 Å². The Balaban J connectivity index is 1.97. The van der Waals surface area contributed by atoms with Crippen LogP contribution in [0, 0.1) is 0 Å². The monoisotopic (exact) mass is 264 g/mol. The molecule has 0 aliphatic rings. The van der Waals surface area contributed by atoms with Gasteiger partial charge in [0.2, 0.25) is 0 Å². The van der Waals surface area contributed by atoms with Crippen LogP contribution >= 0.6 is 0 Å². The average molecular weight is 264 g/mol. The van der Waals surface area contributed by atoms with E-state index in [2.05, 4.69) is 29.2 Å². The number of nitrogens with zero attached hydrogens (tertiary/aromatic N) is 1. The number of anilines is 1. The molecule has 0 unspecified atom stereocenters. The molecule has 0 radical (unpaired) electrons. The van der Waals surface area contributed by atoms with Gasteiger partial charge in [-0.25, -0.2) is 0 Å². The van der Waals surface area contributed by atoms with Gasteiger partial charge in [-0.05, 0) is 17.5 Å². The molecule has 3 rings (SSSR count). The molecule has 3 nitrogen and oxygen atoms in total. The highest BCUT2D eigenvalue weighted by molar-refractivity contribution is 5.69. The summed E-state index contributed by atoms with van der Waals surface area (Å²) in [5.41, 5.74) is 9.92. The highest BCUT2D eigenvalue weighted by atomic mass is 16.4. The number of hydrogen-bond acceptors (Lipinski definition) is 3. The fourth-order valence-corrected chi connectivity index (χ4v) is 2.28. The van der Waals surface area contributed by atoms with E-state index < -0.39 is 0 Å². The summed E-state index contributed by atoms with van der Waals surface area (Å²) in [6, 6.07) is 18.8. The number of nitrogens with two attached hydrogens (primary N) is 1. The molecule has 0 bridgehead atoms. The summed E-state index contributed by atoms with van der Waals surface area (Å²) >= 11 is 0. The lowest BCUT2D eigenvalue weighted by Crippen LogP contribution is -1.86. The predicted octanol–water partition coefficient (Wildman–Crippen LogP) is 4.15. The van der Waals surface area contributed by atoms with Gasteiger partial charge >= 0.3 is 0 Å². The van der Waals surface area contributed by atoms with E-state index in [0.717, 1.165) is 23.4 Å². The zero-order valence-corrected chi connectivity index (χ0v) is 11.3. The molecule has 0 aliphatic carbocycles. The number of aryl methyl sites for hydroxylation is 1. The Morgan fingerprint density at radius 1 is 0.900 bits per heavy atom. The molecule has 100 valence electrons. The molecule has 0 spiro atoms. The van der Waals surface area contributed by atoms with Crippen LogP contribution in [-0.2, 0) is 6.42 Å². The predicted molar refractivity (Wildman–Crippen MR) is 81.2 cm³/mol. The minimum Gasteiger partial charge on any atom is -0.423 e. The van der Waals surface area contributed by atoms with Crippen molar-refractivity contribution in [1.82, 2.24) is 4.98 Å². The molecule has 0 amide bonds. The molecular formula is C17H16N2O. The molecule has 2 N–H and O–H groups in total. The van der Waals surface area contributed by atoms with Crippen LogP contribution in [0.25, 0.3) is 22.5 Å². The summed E-state index contributed by atoms with van der Waals surface area (Å²) in [4.78, 5) is 4.20. The Hall–Kier alpha value is -2.55. The highest BCUT2D eigenvalue weighted by Crippen LogP contribution is 2.28. The summed E-state index contributed by atoms with van der Waals surface area (Å²) in [7, 11) is 0. The van der Waals surface area contributed by atoms with Gasteiger partial charge in [0.05, 0.1) is 5.69 Å². The van der Waals surface area contributed by atoms with E-state index in [9.17, 15) is 0 Å². The minimum atomic E-state index is 0.226. The van der Waals surface area contributed by atoms with E-state index in [4.69, 9.17) is 10.2 Å². The SMILES string of the molecule is CCc1nc(N)oc1-c1ccc(-c2ccccc2)cc1. The first kappa shape index (κ1) is 12.5. The standard InChI is InChI=1S/C17H16N2O/c1-2-15-16(20-17(18)19-15)14-10-8-13(9-11-14)12-6-4-3-5-7-12/h3-11H,2H2,1H3,(H2,18,19). The van der Waals surface area contributed by atoms with Crippen LogP contribution in [0.5, 0.6) is 0 Å². The molecule has 0 fully saturated rings. The lowest BCUT2D eigenvalue weighted by Gasteiger charge is -2.03. The fraction of sp³-hybridized carbons (Fsp3) is 0.118. The van der Waals surface area contributed by atoms with E-state index in [1.165, 1.54) is 11.1 Å². The van der Waals surface area contributed by atoms with Crippen molar-refractivity contribution in [2.75, 3.05) is 5.73 Å². The first-order valence-corrected chi connectivity index (χ1v) is 6.69. The highest BCUT2D eigenvalue weighted by Gasteiger charge is 2.12. The van der Waals surface area contributed by atoms with Gasteiger partial charge in [0.1, 0.15) is 0 Å². The normalized spacial score (nSPS) is 10.7. The van der Waals surface area contributed by atoms with Crippen molar-refractivity contribution >= 4 is 6.01 Å². The molecule has 1 heterocycles. The van der Waals surface area contributed by atoms with Crippen LogP contribution in [-0.4, -0.2) is 4.98 Å². The zero-order valence-electron chi connectivity index (χ0n) is 11.3. The molecule has 0 saturated heterocycles. The lowest BCUT2D eigenvalue weighted by atomic mass is 10.0. The van der Waals surface area contributed by atoms with Gasteiger partial charge in [0.25, 0.3) is 6.01 Å². The summed E-state index contributed by atoms with van der Waals surface area (Å²) in [6.45, 7) is 2.04. The van der Waals surface area contributed by atoms with Gasteiger partial charge < -0.3 is 10.2 Å². The maximum atomic E-state index is 5.64. The molecule has 2 aromatic carbocycles. The third kappa shape index (κ3) is 2.30. The van der Waals surface area contributed by atoms with Crippen LogP contribution in [0.4, 0.5) is 6.01 Å². The maximum Gasteiger partial charge on any atom is 0.292 e. The number of aromatic nitrogens is 1. The van der Waals surface area contributed by atoms with Gasteiger partial charge in [0.15, 0.2) is 5.76 Å². The summed E-state index contributed by atoms with van der Waals surface area (Å²) in [6.07, 6.45) is 0.802. The molecule has 3 heteroatoms. The van der Waals surface area contributed by atoms with E-state index >= 15 is 0 Å². The van der Waals surface area contributed by atoms with Crippen molar-refractivity contribution < 1.29 is 4.42 Å². The van der Waals surface area contributed by atoms with Gasteiger partial charge in [0, 0.05) is 5.56 Å². The van der Waals surface area contributed by atoms with Crippen LogP contribution < -0.4 is 5.73 Å². The lowest BCUT2D eigenvalue weighted by molar-refractivity contribution is 0.593. The largest absolute Gasteiger partial charge is 0.423 e. The Morgan fingerprint density at radius 3 is 2.15 bits per heavy atom. The quantitative estimate of drug-likeness (QED) is 0.773. The Kier molecular flexibility index (Phi) is 3.25. The molecule has 1 aromatic heterocycles. The second kappa shape index (κ2) is 5.21. The molecule has 0 saturated carbocycles. The van der Waals surface area contributed by atoms with Crippen LogP contribution in [0.2, 0.25) is 0 Å². The second-order valence-corrected chi connectivity index (χ2v) is 4.62. The number of hydrogen-bond donors (Lipinski definition) is 1. The zero-order chi connectivity index (χ0) is 13.9. The molecule has 0 aliphatic heterocycles. The van der Waals surface area contributed by atoms with Gasteiger partial charge in [-0.15, -0.1) is 0 Å². The van der Waals surface area contributed by atoms with E-state index in [-0.39, 0.29) is 6.01 Å². The first-order chi connectivity index (χ1) is 9.78. The van der Waals surface area contributed by atoms with Gasteiger partial charge in [-0.1, -0.05) is 61.5 Å². The Morgan fingerprint density at radius 2 is 1.50 bits per heavy atom. The number of benzene rings is 2. The van der Waals surface area contributed by atoms with Crippen molar-refractivity contribution in [3.05, 3.63) is 60.3 Å². The van der Waals surface area contributed by atoms with E-state index in [1.807, 2.05) is 37.3 Å². The van der Waals surface area contributed by atoms with Crippen LogP contribution in [0.1, 0.15) is 12.6 Å². The second-order valence-electron chi connectivity index (χ2n) is 4.62. The third-order valence-corrected chi connectivity index (χ3v) is 3.30. The fourth-order valence-electron chi connectivity index (χ4n) is 2.28.